The molecule has 0 spiro atoms. The Balaban J connectivity index is 2.49. The molecular formula is C7H13NO2. The van der Waals surface area contributed by atoms with Gasteiger partial charge in [0, 0.05) is 12.5 Å². The maximum absolute atomic E-state index is 11.2. The van der Waals surface area contributed by atoms with Crippen LogP contribution < -0.4 is 0 Å². The lowest BCUT2D eigenvalue weighted by Crippen LogP contribution is -2.25. The van der Waals surface area contributed by atoms with Crippen LogP contribution in [-0.4, -0.2) is 24.6 Å². The van der Waals surface area contributed by atoms with E-state index in [1.807, 2.05) is 6.92 Å². The minimum atomic E-state index is 0.144. The third-order valence-electron chi connectivity index (χ3n) is 1.99. The van der Waals surface area contributed by atoms with Gasteiger partial charge in [-0.25, -0.2) is 5.06 Å². The van der Waals surface area contributed by atoms with Crippen LogP contribution in [0.5, 0.6) is 0 Å². The second-order valence-electron chi connectivity index (χ2n) is 2.52. The first-order valence-corrected chi connectivity index (χ1v) is 3.65. The van der Waals surface area contributed by atoms with Gasteiger partial charge in [-0.1, -0.05) is 6.92 Å². The van der Waals surface area contributed by atoms with Gasteiger partial charge in [-0.3, -0.25) is 9.63 Å². The summed E-state index contributed by atoms with van der Waals surface area (Å²) in [5.41, 5.74) is 0. The van der Waals surface area contributed by atoms with E-state index in [0.29, 0.717) is 0 Å². The smallest absolute Gasteiger partial charge is 0.249 e. The van der Waals surface area contributed by atoms with Crippen molar-refractivity contribution < 1.29 is 9.63 Å². The van der Waals surface area contributed by atoms with Gasteiger partial charge in [0.25, 0.3) is 0 Å². The summed E-state index contributed by atoms with van der Waals surface area (Å²) in [6, 6.07) is 0. The normalized spacial score (nSPS) is 26.0. The fourth-order valence-corrected chi connectivity index (χ4v) is 1.27. The van der Waals surface area contributed by atoms with Gasteiger partial charge in [0.05, 0.1) is 7.11 Å². The summed E-state index contributed by atoms with van der Waals surface area (Å²) in [6.07, 6.45) is 1.88. The molecule has 10 heavy (non-hydrogen) atoms. The SMILES string of the molecule is CCC1CCN(OC)C1=O. The molecule has 1 fully saturated rings. The molecule has 0 saturated carbocycles. The molecule has 3 heteroatoms. The quantitative estimate of drug-likeness (QED) is 0.572. The number of amides is 1. The lowest BCUT2D eigenvalue weighted by Gasteiger charge is -2.11. The average molecular weight is 143 g/mol. The Morgan fingerprint density at radius 2 is 2.50 bits per heavy atom. The Labute approximate surface area is 60.9 Å². The van der Waals surface area contributed by atoms with Crippen LogP contribution in [0.25, 0.3) is 0 Å². The van der Waals surface area contributed by atoms with E-state index in [4.69, 9.17) is 4.84 Å². The Hall–Kier alpha value is -0.570. The lowest BCUT2D eigenvalue weighted by molar-refractivity contribution is -0.169. The molecule has 0 aromatic rings. The number of hydrogen-bond acceptors (Lipinski definition) is 2. The van der Waals surface area contributed by atoms with Crippen molar-refractivity contribution in [3.05, 3.63) is 0 Å². The predicted octanol–water partition coefficient (Wildman–Crippen LogP) is 0.806. The average Bonchev–Trinajstić information content (AvgIpc) is 2.30. The van der Waals surface area contributed by atoms with Crippen molar-refractivity contribution in [3.8, 4) is 0 Å². The van der Waals surface area contributed by atoms with Crippen LogP contribution in [0.15, 0.2) is 0 Å². The molecular weight excluding hydrogens is 130 g/mol. The number of nitrogens with zero attached hydrogens (tertiary/aromatic N) is 1. The molecule has 1 aliphatic heterocycles. The minimum Gasteiger partial charge on any atom is -0.274 e. The molecule has 0 bridgehead atoms. The Morgan fingerprint density at radius 1 is 1.80 bits per heavy atom. The zero-order valence-electron chi connectivity index (χ0n) is 6.46. The summed E-state index contributed by atoms with van der Waals surface area (Å²) >= 11 is 0. The summed E-state index contributed by atoms with van der Waals surface area (Å²) in [5, 5.41) is 1.44. The zero-order chi connectivity index (χ0) is 7.56. The summed E-state index contributed by atoms with van der Waals surface area (Å²) < 4.78 is 0. The number of carbonyl (C=O) groups is 1. The van der Waals surface area contributed by atoms with Gasteiger partial charge < -0.3 is 0 Å². The molecule has 1 atom stereocenters. The molecule has 1 rings (SSSR count). The molecule has 0 N–H and O–H groups in total. The van der Waals surface area contributed by atoms with Crippen LogP contribution in [0.2, 0.25) is 0 Å². The van der Waals surface area contributed by atoms with Gasteiger partial charge in [-0.15, -0.1) is 0 Å². The molecule has 0 aliphatic carbocycles. The van der Waals surface area contributed by atoms with E-state index < -0.39 is 0 Å². The van der Waals surface area contributed by atoms with Gasteiger partial charge in [-0.2, -0.15) is 0 Å². The first-order valence-electron chi connectivity index (χ1n) is 3.65. The first kappa shape index (κ1) is 7.54. The van der Waals surface area contributed by atoms with E-state index in [2.05, 4.69) is 0 Å². The van der Waals surface area contributed by atoms with Crippen molar-refractivity contribution in [1.29, 1.82) is 0 Å². The van der Waals surface area contributed by atoms with Gasteiger partial charge in [0.15, 0.2) is 0 Å². The molecule has 0 aromatic heterocycles. The molecule has 1 heterocycles. The highest BCUT2D eigenvalue weighted by atomic mass is 16.7. The predicted molar refractivity (Wildman–Crippen MR) is 37.1 cm³/mol. The van der Waals surface area contributed by atoms with Gasteiger partial charge >= 0.3 is 0 Å². The first-order chi connectivity index (χ1) is 4.79. The molecule has 1 amide bonds. The summed E-state index contributed by atoms with van der Waals surface area (Å²) in [5.74, 6) is 0.352. The van der Waals surface area contributed by atoms with E-state index in [9.17, 15) is 4.79 Å². The van der Waals surface area contributed by atoms with Gasteiger partial charge in [0.2, 0.25) is 5.91 Å². The fourth-order valence-electron chi connectivity index (χ4n) is 1.27. The van der Waals surface area contributed by atoms with Crippen LogP contribution >= 0.6 is 0 Å². The Bertz CT molecular complexity index is 122. The third-order valence-corrected chi connectivity index (χ3v) is 1.99. The maximum atomic E-state index is 11.2. The number of hydrogen-bond donors (Lipinski definition) is 0. The van der Waals surface area contributed by atoms with Gasteiger partial charge in [0.1, 0.15) is 0 Å². The Morgan fingerprint density at radius 3 is 2.80 bits per heavy atom. The number of carbonyl (C=O) groups excluding carboxylic acids is 1. The molecule has 1 unspecified atom stereocenters. The molecule has 58 valence electrons. The Kier molecular flexibility index (Phi) is 2.27. The van der Waals surface area contributed by atoms with Crippen molar-refractivity contribution in [3.63, 3.8) is 0 Å². The second-order valence-corrected chi connectivity index (χ2v) is 2.52. The molecule has 1 aliphatic rings. The molecule has 1 saturated heterocycles. The van der Waals surface area contributed by atoms with E-state index in [0.717, 1.165) is 19.4 Å². The lowest BCUT2D eigenvalue weighted by atomic mass is 10.1. The standard InChI is InChI=1S/C7H13NO2/c1-3-6-4-5-8(10-2)7(6)9/h6H,3-5H2,1-2H3. The van der Waals surface area contributed by atoms with Crippen molar-refractivity contribution >= 4 is 5.91 Å². The van der Waals surface area contributed by atoms with Crippen LogP contribution in [0.1, 0.15) is 19.8 Å². The summed E-state index contributed by atoms with van der Waals surface area (Å²) in [6.45, 7) is 2.79. The zero-order valence-corrected chi connectivity index (χ0v) is 6.46. The van der Waals surface area contributed by atoms with E-state index >= 15 is 0 Å². The van der Waals surface area contributed by atoms with Crippen LogP contribution in [0.3, 0.4) is 0 Å². The largest absolute Gasteiger partial charge is 0.274 e. The highest BCUT2D eigenvalue weighted by Gasteiger charge is 2.29. The van der Waals surface area contributed by atoms with Crippen molar-refractivity contribution in [1.82, 2.24) is 5.06 Å². The molecule has 0 radical (unpaired) electrons. The highest BCUT2D eigenvalue weighted by molar-refractivity contribution is 5.79. The number of rotatable bonds is 2. The monoisotopic (exact) mass is 143 g/mol. The van der Waals surface area contributed by atoms with Crippen LogP contribution in [0.4, 0.5) is 0 Å². The van der Waals surface area contributed by atoms with Crippen LogP contribution in [-0.2, 0) is 9.63 Å². The van der Waals surface area contributed by atoms with E-state index in [1.165, 1.54) is 12.2 Å². The molecule has 0 aromatic carbocycles. The van der Waals surface area contributed by atoms with E-state index in [-0.39, 0.29) is 11.8 Å². The number of hydroxylamine groups is 2. The summed E-state index contributed by atoms with van der Waals surface area (Å²) in [4.78, 5) is 16.0. The minimum absolute atomic E-state index is 0.144. The van der Waals surface area contributed by atoms with Crippen LogP contribution in [0, 0.1) is 5.92 Å². The fraction of sp³-hybridized carbons (Fsp3) is 0.857. The van der Waals surface area contributed by atoms with Gasteiger partial charge in [-0.05, 0) is 12.8 Å². The topological polar surface area (TPSA) is 29.5 Å². The summed E-state index contributed by atoms with van der Waals surface area (Å²) in [7, 11) is 1.54. The maximum Gasteiger partial charge on any atom is 0.249 e. The van der Waals surface area contributed by atoms with Crippen molar-refractivity contribution in [2.24, 2.45) is 5.92 Å². The van der Waals surface area contributed by atoms with Crippen molar-refractivity contribution in [2.75, 3.05) is 13.7 Å². The molecule has 3 nitrogen and oxygen atoms in total. The van der Waals surface area contributed by atoms with Crippen molar-refractivity contribution in [2.45, 2.75) is 19.8 Å². The second kappa shape index (κ2) is 3.01. The van der Waals surface area contributed by atoms with E-state index in [1.54, 1.807) is 0 Å². The third kappa shape index (κ3) is 1.14. The highest BCUT2D eigenvalue weighted by Crippen LogP contribution is 2.20.